The predicted octanol–water partition coefficient (Wildman–Crippen LogP) is 2.35. The van der Waals surface area contributed by atoms with Crippen LogP contribution < -0.4 is 10.6 Å². The summed E-state index contributed by atoms with van der Waals surface area (Å²) in [5.41, 5.74) is 2.68. The van der Waals surface area contributed by atoms with Crippen molar-refractivity contribution in [3.8, 4) is 6.07 Å². The first kappa shape index (κ1) is 23.9. The average molecular weight is 501 g/mol. The van der Waals surface area contributed by atoms with Gasteiger partial charge >= 0.3 is 12.4 Å². The number of anilines is 1. The third-order valence-corrected chi connectivity index (χ3v) is 7.38. The molecule has 188 valence electrons. The fourth-order valence-electron chi connectivity index (χ4n) is 5.69. The molecule has 0 radical (unpaired) electrons. The largest absolute Gasteiger partial charge is 0.416 e. The second-order valence-electron chi connectivity index (χ2n) is 9.63. The quantitative estimate of drug-likeness (QED) is 0.640. The Hall–Kier alpha value is -2.85. The van der Waals surface area contributed by atoms with Crippen LogP contribution in [0.5, 0.6) is 0 Å². The number of rotatable bonds is 4. The van der Waals surface area contributed by atoms with Crippen LogP contribution in [0.25, 0.3) is 0 Å². The molecule has 2 amide bonds. The molecule has 13 heteroatoms. The van der Waals surface area contributed by atoms with Crippen LogP contribution in [-0.2, 0) is 21.9 Å². The van der Waals surface area contributed by atoms with Crippen molar-refractivity contribution >= 4 is 17.5 Å². The number of piperazine rings is 1. The zero-order valence-electron chi connectivity index (χ0n) is 18.2. The number of alkyl halides is 6. The number of nitrogens with two attached hydrogens (primary N) is 1. The van der Waals surface area contributed by atoms with E-state index < -0.39 is 59.2 Å². The van der Waals surface area contributed by atoms with Gasteiger partial charge in [-0.1, -0.05) is 0 Å². The molecule has 0 aromatic heterocycles. The van der Waals surface area contributed by atoms with Crippen molar-refractivity contribution in [3.05, 3.63) is 29.3 Å². The highest BCUT2D eigenvalue weighted by atomic mass is 19.4. The number of carbonyl (C=O) groups excluding carboxylic acids is 2. The van der Waals surface area contributed by atoms with Gasteiger partial charge in [-0.25, -0.2) is 0 Å². The van der Waals surface area contributed by atoms with Crippen molar-refractivity contribution in [2.24, 2.45) is 11.7 Å². The van der Waals surface area contributed by atoms with E-state index in [1.54, 1.807) is 4.90 Å². The van der Waals surface area contributed by atoms with Gasteiger partial charge in [0.1, 0.15) is 6.04 Å². The smallest absolute Gasteiger partial charge is 0.322 e. The number of halogens is 6. The first-order chi connectivity index (χ1) is 16.3. The highest BCUT2D eigenvalue weighted by Gasteiger charge is 2.56. The van der Waals surface area contributed by atoms with Crippen LogP contribution in [0, 0.1) is 17.2 Å². The maximum Gasteiger partial charge on any atom is 0.416 e. The standard InChI is InChI=1S/C22H21F6N5O2/c23-21(24,25)11-3-12(22(26,27)28)5-13(4-11)32-15-6-18(20(32)35)31(8-15)9-16(30)19(34)33-14(7-29)1-10-2-17(10)33/h3-5,10,14-18H,1-2,6,8-9,30H2/t10-,14+,15?,16+,17+,18-/m1/s1. The fraction of sp³-hybridized carbons (Fsp3) is 0.591. The summed E-state index contributed by atoms with van der Waals surface area (Å²) in [5, 5.41) is 9.30. The second-order valence-corrected chi connectivity index (χ2v) is 9.63. The Morgan fingerprint density at radius 3 is 2.26 bits per heavy atom. The van der Waals surface area contributed by atoms with Gasteiger partial charge in [-0.15, -0.1) is 0 Å². The summed E-state index contributed by atoms with van der Waals surface area (Å²) in [7, 11) is 0. The Kier molecular flexibility index (Phi) is 5.34. The molecule has 1 saturated carbocycles. The maximum atomic E-state index is 13.3. The van der Waals surface area contributed by atoms with Crippen molar-refractivity contribution in [2.45, 2.75) is 61.8 Å². The van der Waals surface area contributed by atoms with Crippen LogP contribution in [0.15, 0.2) is 18.2 Å². The molecule has 3 aliphatic heterocycles. The molecule has 4 aliphatic rings. The van der Waals surface area contributed by atoms with E-state index in [2.05, 4.69) is 6.07 Å². The van der Waals surface area contributed by atoms with E-state index >= 15 is 0 Å². The normalized spacial score (nSPS) is 31.0. The molecular formula is C22H21F6N5O2. The summed E-state index contributed by atoms with van der Waals surface area (Å²) in [5.74, 6) is -0.712. The summed E-state index contributed by atoms with van der Waals surface area (Å²) in [6.45, 7) is 0.157. The number of likely N-dealkylation sites (tertiary alicyclic amines) is 2. The molecule has 2 bridgehead atoms. The van der Waals surface area contributed by atoms with Crippen molar-refractivity contribution in [3.63, 3.8) is 0 Å². The Morgan fingerprint density at radius 1 is 1.09 bits per heavy atom. The van der Waals surface area contributed by atoms with Crippen molar-refractivity contribution in [2.75, 3.05) is 18.0 Å². The topological polar surface area (TPSA) is 93.7 Å². The van der Waals surface area contributed by atoms with Gasteiger partial charge in [-0.05, 0) is 43.4 Å². The molecule has 35 heavy (non-hydrogen) atoms. The zero-order valence-corrected chi connectivity index (χ0v) is 18.2. The van der Waals surface area contributed by atoms with Gasteiger partial charge in [0.15, 0.2) is 0 Å². The molecule has 1 unspecified atom stereocenters. The summed E-state index contributed by atoms with van der Waals surface area (Å²) >= 11 is 0. The van der Waals surface area contributed by atoms with E-state index in [0.717, 1.165) is 11.3 Å². The molecule has 1 aromatic carbocycles. The van der Waals surface area contributed by atoms with Crippen molar-refractivity contribution < 1.29 is 35.9 Å². The monoisotopic (exact) mass is 501 g/mol. The summed E-state index contributed by atoms with van der Waals surface area (Å²) in [4.78, 5) is 30.0. The van der Waals surface area contributed by atoms with Gasteiger partial charge in [0.05, 0.1) is 35.3 Å². The maximum absolute atomic E-state index is 13.3. The lowest BCUT2D eigenvalue weighted by atomic mass is 10.1. The van der Waals surface area contributed by atoms with Gasteiger partial charge in [0, 0.05) is 24.8 Å². The molecule has 0 spiro atoms. The van der Waals surface area contributed by atoms with Crippen LogP contribution in [0.3, 0.4) is 0 Å². The van der Waals surface area contributed by atoms with E-state index in [1.807, 2.05) is 0 Å². The van der Waals surface area contributed by atoms with E-state index in [0.29, 0.717) is 24.5 Å². The lowest BCUT2D eigenvalue weighted by molar-refractivity contribution is -0.143. The van der Waals surface area contributed by atoms with E-state index in [1.165, 1.54) is 4.90 Å². The van der Waals surface area contributed by atoms with Gasteiger partial charge in [-0.2, -0.15) is 31.6 Å². The molecular weight excluding hydrogens is 480 g/mol. The summed E-state index contributed by atoms with van der Waals surface area (Å²) < 4.78 is 79.5. The molecule has 3 heterocycles. The minimum atomic E-state index is -5.02. The van der Waals surface area contributed by atoms with Crippen molar-refractivity contribution in [1.29, 1.82) is 5.26 Å². The number of fused-ring (bicyclic) bond motifs is 3. The molecule has 2 N–H and O–H groups in total. The van der Waals surface area contributed by atoms with Gasteiger partial charge < -0.3 is 15.5 Å². The molecule has 5 rings (SSSR count). The highest BCUT2D eigenvalue weighted by Crippen LogP contribution is 2.48. The molecule has 1 aromatic rings. The predicted molar refractivity (Wildman–Crippen MR) is 108 cm³/mol. The van der Waals surface area contributed by atoms with Gasteiger partial charge in [0.2, 0.25) is 11.8 Å². The number of hydrogen-bond acceptors (Lipinski definition) is 5. The Bertz CT molecular complexity index is 1080. The third kappa shape index (κ3) is 4.02. The first-order valence-corrected chi connectivity index (χ1v) is 11.1. The van der Waals surface area contributed by atoms with E-state index in [-0.39, 0.29) is 37.5 Å². The van der Waals surface area contributed by atoms with E-state index in [4.69, 9.17) is 5.73 Å². The van der Waals surface area contributed by atoms with E-state index in [9.17, 15) is 41.2 Å². The van der Waals surface area contributed by atoms with Gasteiger partial charge in [0.25, 0.3) is 0 Å². The first-order valence-electron chi connectivity index (χ1n) is 11.1. The lowest BCUT2D eigenvalue weighted by Crippen LogP contribution is -2.57. The lowest BCUT2D eigenvalue weighted by Gasteiger charge is -2.36. The Labute approximate surface area is 196 Å². The minimum Gasteiger partial charge on any atom is -0.322 e. The Balaban J connectivity index is 1.32. The zero-order chi connectivity index (χ0) is 25.4. The second kappa shape index (κ2) is 7.83. The van der Waals surface area contributed by atoms with Crippen LogP contribution in [0.2, 0.25) is 0 Å². The number of nitriles is 1. The number of hydrogen-bond donors (Lipinski definition) is 1. The molecule has 4 fully saturated rings. The average Bonchev–Trinajstić information content (AvgIpc) is 3.10. The molecule has 1 aliphatic carbocycles. The van der Waals surface area contributed by atoms with Crippen LogP contribution in [0.1, 0.15) is 30.4 Å². The number of piperidine rings is 1. The van der Waals surface area contributed by atoms with Crippen molar-refractivity contribution in [1.82, 2.24) is 9.80 Å². The number of amides is 2. The van der Waals surface area contributed by atoms with Crippen LogP contribution >= 0.6 is 0 Å². The molecule has 7 nitrogen and oxygen atoms in total. The van der Waals surface area contributed by atoms with Crippen LogP contribution in [0.4, 0.5) is 32.0 Å². The van der Waals surface area contributed by atoms with Gasteiger partial charge in [-0.3, -0.25) is 14.5 Å². The highest BCUT2D eigenvalue weighted by molar-refractivity contribution is 6.01. The fourth-order valence-corrected chi connectivity index (χ4v) is 5.69. The summed E-state index contributed by atoms with van der Waals surface area (Å²) in [6.07, 6.45) is -8.40. The minimum absolute atomic E-state index is 0.00199. The summed E-state index contributed by atoms with van der Waals surface area (Å²) in [6, 6.07) is 0.252. The Morgan fingerprint density at radius 2 is 1.71 bits per heavy atom. The SMILES string of the molecule is N#C[C@@H]1C[C@@H]2C[C@@H]2N1C(=O)[C@@H](N)CN1CC2C[C@@H]1C(=O)N2c1cc(C(F)(F)F)cc(C(F)(F)F)c1. The molecule has 6 atom stereocenters. The third-order valence-electron chi connectivity index (χ3n) is 7.38. The number of carbonyl (C=O) groups is 2. The number of nitrogens with zero attached hydrogens (tertiary/aromatic N) is 4. The number of benzene rings is 1. The molecule has 3 saturated heterocycles. The van der Waals surface area contributed by atoms with Crippen LogP contribution in [-0.4, -0.2) is 64.9 Å².